The number of fused-ring (bicyclic) bond motifs is 1. The van der Waals surface area contributed by atoms with Crippen molar-refractivity contribution in [3.05, 3.63) is 40.1 Å². The molecule has 2 heterocycles. The SMILES string of the molecule is CC[C@@H]1CCc2sc(C(=O)NCCn3ccnc3)cc2C1. The Bertz CT molecular complexity index is 603. The third kappa shape index (κ3) is 3.35. The summed E-state index contributed by atoms with van der Waals surface area (Å²) in [5.41, 5.74) is 1.40. The number of carbonyl (C=O) groups excluding carboxylic acids is 1. The van der Waals surface area contributed by atoms with Gasteiger partial charge in [-0.25, -0.2) is 4.98 Å². The van der Waals surface area contributed by atoms with Crippen LogP contribution < -0.4 is 5.32 Å². The Morgan fingerprint density at radius 1 is 1.57 bits per heavy atom. The van der Waals surface area contributed by atoms with Crippen molar-refractivity contribution in [1.82, 2.24) is 14.9 Å². The van der Waals surface area contributed by atoms with Crippen molar-refractivity contribution in [1.29, 1.82) is 0 Å². The summed E-state index contributed by atoms with van der Waals surface area (Å²) >= 11 is 1.67. The minimum atomic E-state index is 0.0579. The fraction of sp³-hybridized carbons (Fsp3) is 0.500. The van der Waals surface area contributed by atoms with E-state index < -0.39 is 0 Å². The monoisotopic (exact) mass is 303 g/mol. The van der Waals surface area contributed by atoms with Crippen LogP contribution in [0.4, 0.5) is 0 Å². The Balaban J connectivity index is 1.57. The Labute approximate surface area is 129 Å². The predicted octanol–water partition coefficient (Wildman–Crippen LogP) is 2.89. The number of nitrogens with one attached hydrogen (secondary N) is 1. The van der Waals surface area contributed by atoms with Gasteiger partial charge in [0.2, 0.25) is 0 Å². The van der Waals surface area contributed by atoms with Gasteiger partial charge in [0.1, 0.15) is 0 Å². The molecule has 0 aromatic carbocycles. The van der Waals surface area contributed by atoms with Crippen molar-refractivity contribution < 1.29 is 4.79 Å². The quantitative estimate of drug-likeness (QED) is 0.923. The summed E-state index contributed by atoms with van der Waals surface area (Å²) in [6, 6.07) is 2.11. The number of imidazole rings is 1. The maximum Gasteiger partial charge on any atom is 0.261 e. The third-order valence-corrected chi connectivity index (χ3v) is 5.44. The van der Waals surface area contributed by atoms with Crippen LogP contribution in [0.25, 0.3) is 0 Å². The number of nitrogens with zero attached hydrogens (tertiary/aromatic N) is 2. The zero-order valence-electron chi connectivity index (χ0n) is 12.3. The summed E-state index contributed by atoms with van der Waals surface area (Å²) in [6.07, 6.45) is 10.2. The lowest BCUT2D eigenvalue weighted by molar-refractivity contribution is 0.0956. The van der Waals surface area contributed by atoms with Crippen molar-refractivity contribution in [2.75, 3.05) is 6.54 Å². The van der Waals surface area contributed by atoms with E-state index in [2.05, 4.69) is 23.3 Å². The van der Waals surface area contributed by atoms with Crippen molar-refractivity contribution in [2.24, 2.45) is 5.92 Å². The van der Waals surface area contributed by atoms with Crippen LogP contribution in [-0.2, 0) is 19.4 Å². The van der Waals surface area contributed by atoms with Gasteiger partial charge in [0.25, 0.3) is 5.91 Å². The Morgan fingerprint density at radius 3 is 3.24 bits per heavy atom. The Morgan fingerprint density at radius 2 is 2.48 bits per heavy atom. The lowest BCUT2D eigenvalue weighted by atomic mass is 9.87. The van der Waals surface area contributed by atoms with Gasteiger partial charge in [0.15, 0.2) is 0 Å². The van der Waals surface area contributed by atoms with Gasteiger partial charge in [-0.05, 0) is 36.8 Å². The van der Waals surface area contributed by atoms with E-state index in [4.69, 9.17) is 0 Å². The summed E-state index contributed by atoms with van der Waals surface area (Å²) in [5, 5.41) is 2.99. The largest absolute Gasteiger partial charge is 0.350 e. The minimum Gasteiger partial charge on any atom is -0.350 e. The number of aromatic nitrogens is 2. The molecule has 3 rings (SSSR count). The topological polar surface area (TPSA) is 46.9 Å². The number of hydrogen-bond acceptors (Lipinski definition) is 3. The van der Waals surface area contributed by atoms with Crippen LogP contribution in [0.2, 0.25) is 0 Å². The van der Waals surface area contributed by atoms with E-state index in [9.17, 15) is 4.79 Å². The Hall–Kier alpha value is -1.62. The molecule has 5 heteroatoms. The molecule has 1 aliphatic carbocycles. The van der Waals surface area contributed by atoms with E-state index in [0.717, 1.165) is 30.2 Å². The number of rotatable bonds is 5. The van der Waals surface area contributed by atoms with Gasteiger partial charge < -0.3 is 9.88 Å². The smallest absolute Gasteiger partial charge is 0.261 e. The molecule has 0 aliphatic heterocycles. The molecule has 1 atom stereocenters. The molecule has 2 aromatic rings. The molecule has 1 aliphatic rings. The van der Waals surface area contributed by atoms with Crippen LogP contribution in [0, 0.1) is 5.92 Å². The standard InChI is InChI=1S/C16H21N3OS/c1-2-12-3-4-14-13(9-12)10-15(21-14)16(20)18-6-8-19-7-5-17-11-19/h5,7,10-12H,2-4,6,8-9H2,1H3,(H,18,20)/t12-/m1/s1. The maximum atomic E-state index is 12.2. The summed E-state index contributed by atoms with van der Waals surface area (Å²) in [4.78, 5) is 18.5. The van der Waals surface area contributed by atoms with Gasteiger partial charge in [-0.2, -0.15) is 0 Å². The van der Waals surface area contributed by atoms with E-state index in [1.165, 1.54) is 23.3 Å². The second-order valence-electron chi connectivity index (χ2n) is 5.63. The van der Waals surface area contributed by atoms with Crippen LogP contribution in [0.5, 0.6) is 0 Å². The van der Waals surface area contributed by atoms with E-state index in [1.807, 2.05) is 10.8 Å². The molecule has 4 nitrogen and oxygen atoms in total. The normalized spacial score (nSPS) is 17.5. The maximum absolute atomic E-state index is 12.2. The fourth-order valence-corrected chi connectivity index (χ4v) is 3.99. The van der Waals surface area contributed by atoms with Crippen LogP contribution >= 0.6 is 11.3 Å². The highest BCUT2D eigenvalue weighted by molar-refractivity contribution is 7.14. The number of aryl methyl sites for hydroxylation is 1. The molecule has 21 heavy (non-hydrogen) atoms. The van der Waals surface area contributed by atoms with Gasteiger partial charge in [-0.1, -0.05) is 13.3 Å². The van der Waals surface area contributed by atoms with Crippen molar-refractivity contribution in [3.63, 3.8) is 0 Å². The van der Waals surface area contributed by atoms with Gasteiger partial charge in [-0.15, -0.1) is 11.3 Å². The molecular weight excluding hydrogens is 282 g/mol. The molecule has 0 saturated carbocycles. The first-order chi connectivity index (χ1) is 10.3. The van der Waals surface area contributed by atoms with E-state index in [1.54, 1.807) is 23.9 Å². The highest BCUT2D eigenvalue weighted by Crippen LogP contribution is 2.33. The summed E-state index contributed by atoms with van der Waals surface area (Å²) in [6.45, 7) is 3.65. The van der Waals surface area contributed by atoms with Crippen molar-refractivity contribution in [2.45, 2.75) is 39.2 Å². The molecule has 0 radical (unpaired) electrons. The third-order valence-electron chi connectivity index (χ3n) is 4.20. The molecule has 0 unspecified atom stereocenters. The summed E-state index contributed by atoms with van der Waals surface area (Å²) in [5.74, 6) is 0.854. The van der Waals surface area contributed by atoms with Crippen LogP contribution in [-0.4, -0.2) is 22.0 Å². The first-order valence-electron chi connectivity index (χ1n) is 7.61. The molecule has 0 bridgehead atoms. The highest BCUT2D eigenvalue weighted by atomic mass is 32.1. The van der Waals surface area contributed by atoms with E-state index in [0.29, 0.717) is 6.54 Å². The summed E-state index contributed by atoms with van der Waals surface area (Å²) in [7, 11) is 0. The fourth-order valence-electron chi connectivity index (χ4n) is 2.86. The number of amides is 1. The average Bonchev–Trinajstić information content (AvgIpc) is 3.15. The molecule has 2 aromatic heterocycles. The highest BCUT2D eigenvalue weighted by Gasteiger charge is 2.21. The molecule has 1 N–H and O–H groups in total. The van der Waals surface area contributed by atoms with Gasteiger partial charge >= 0.3 is 0 Å². The first-order valence-corrected chi connectivity index (χ1v) is 8.43. The molecule has 0 saturated heterocycles. The van der Waals surface area contributed by atoms with Crippen LogP contribution in [0.1, 0.15) is 39.9 Å². The minimum absolute atomic E-state index is 0.0579. The van der Waals surface area contributed by atoms with Gasteiger partial charge in [-0.3, -0.25) is 4.79 Å². The Kier molecular flexibility index (Phi) is 4.39. The lowest BCUT2D eigenvalue weighted by Gasteiger charge is -2.19. The predicted molar refractivity (Wildman–Crippen MR) is 84.7 cm³/mol. The molecular formula is C16H21N3OS. The van der Waals surface area contributed by atoms with E-state index >= 15 is 0 Å². The molecule has 0 fully saturated rings. The van der Waals surface area contributed by atoms with Crippen LogP contribution in [0.3, 0.4) is 0 Å². The number of hydrogen-bond donors (Lipinski definition) is 1. The van der Waals surface area contributed by atoms with Gasteiger partial charge in [0, 0.05) is 30.4 Å². The number of thiophene rings is 1. The molecule has 0 spiro atoms. The van der Waals surface area contributed by atoms with E-state index in [-0.39, 0.29) is 5.91 Å². The number of carbonyl (C=O) groups is 1. The second-order valence-corrected chi connectivity index (χ2v) is 6.77. The zero-order valence-corrected chi connectivity index (χ0v) is 13.2. The lowest BCUT2D eigenvalue weighted by Crippen LogP contribution is -2.26. The molecule has 112 valence electrons. The average molecular weight is 303 g/mol. The first kappa shape index (κ1) is 14.3. The summed E-state index contributed by atoms with van der Waals surface area (Å²) < 4.78 is 1.96. The van der Waals surface area contributed by atoms with Crippen molar-refractivity contribution >= 4 is 17.2 Å². The van der Waals surface area contributed by atoms with Gasteiger partial charge in [0.05, 0.1) is 11.2 Å². The van der Waals surface area contributed by atoms with Crippen LogP contribution in [0.15, 0.2) is 24.8 Å². The molecule has 1 amide bonds. The zero-order chi connectivity index (χ0) is 14.7. The van der Waals surface area contributed by atoms with Crippen molar-refractivity contribution in [3.8, 4) is 0 Å². The second kappa shape index (κ2) is 6.43.